The van der Waals surface area contributed by atoms with E-state index in [2.05, 4.69) is 0 Å². The van der Waals surface area contributed by atoms with Crippen LogP contribution in [0.15, 0.2) is 54.3 Å². The Morgan fingerprint density at radius 2 is 1.52 bits per heavy atom. The molecule has 0 aliphatic heterocycles. The summed E-state index contributed by atoms with van der Waals surface area (Å²) in [6.45, 7) is 0. The van der Waals surface area contributed by atoms with Gasteiger partial charge in [0.15, 0.2) is 6.10 Å². The van der Waals surface area contributed by atoms with E-state index in [0.29, 0.717) is 5.56 Å². The highest BCUT2D eigenvalue weighted by atomic mass is 16.6. The highest BCUT2D eigenvalue weighted by molar-refractivity contribution is 5.99. The van der Waals surface area contributed by atoms with Crippen LogP contribution in [0.4, 0.5) is 0 Å². The normalized spacial score (nSPS) is 12.3. The number of methoxy groups -OCH3 is 2. The molecule has 142 valence electrons. The van der Waals surface area contributed by atoms with E-state index in [4.69, 9.17) is 14.2 Å². The van der Waals surface area contributed by atoms with Crippen molar-refractivity contribution in [2.24, 2.45) is 0 Å². The molecule has 2 N–H and O–H groups in total. The minimum atomic E-state index is -0.995. The maximum atomic E-state index is 12.2. The number of aromatic hydroxyl groups is 2. The van der Waals surface area contributed by atoms with Gasteiger partial charge in [0.2, 0.25) is 5.76 Å². The Bertz CT molecular complexity index is 807. The molecule has 0 bridgehead atoms. The van der Waals surface area contributed by atoms with E-state index in [-0.39, 0.29) is 23.7 Å². The molecule has 0 heterocycles. The minimum Gasteiger partial charge on any atom is -0.508 e. The predicted octanol–water partition coefficient (Wildman–Crippen LogP) is 2.41. The molecule has 27 heavy (non-hydrogen) atoms. The smallest absolute Gasteiger partial charge is 0.381 e. The minimum absolute atomic E-state index is 0.0843. The van der Waals surface area contributed by atoms with Gasteiger partial charge in [-0.25, -0.2) is 9.59 Å². The number of phenolic OH excluding ortho intramolecular Hbond substituents is 2. The molecule has 2 aromatic rings. The Kier molecular flexibility index (Phi) is 6.96. The first-order valence-corrected chi connectivity index (χ1v) is 8.04. The summed E-state index contributed by atoms with van der Waals surface area (Å²) in [7, 11) is 2.61. The van der Waals surface area contributed by atoms with Gasteiger partial charge < -0.3 is 24.4 Å². The number of rotatable bonds is 7. The van der Waals surface area contributed by atoms with E-state index in [9.17, 15) is 19.8 Å². The zero-order chi connectivity index (χ0) is 19.8. The lowest BCUT2D eigenvalue weighted by molar-refractivity contribution is -0.166. The topological polar surface area (TPSA) is 102 Å². The molecule has 0 aliphatic rings. The zero-order valence-corrected chi connectivity index (χ0v) is 14.9. The Morgan fingerprint density at radius 1 is 0.963 bits per heavy atom. The van der Waals surface area contributed by atoms with Crippen molar-refractivity contribution in [3.8, 4) is 11.5 Å². The average molecular weight is 372 g/mol. The first kappa shape index (κ1) is 20.0. The second-order valence-electron chi connectivity index (χ2n) is 5.61. The van der Waals surface area contributed by atoms with Crippen molar-refractivity contribution < 1.29 is 34.0 Å². The van der Waals surface area contributed by atoms with Gasteiger partial charge in [-0.15, -0.1) is 0 Å². The largest absolute Gasteiger partial charge is 0.508 e. The van der Waals surface area contributed by atoms with Crippen LogP contribution in [0.1, 0.15) is 11.1 Å². The third-order valence-electron chi connectivity index (χ3n) is 3.71. The lowest BCUT2D eigenvalue weighted by Crippen LogP contribution is -2.30. The molecule has 2 rings (SSSR count). The Hall–Kier alpha value is -3.32. The van der Waals surface area contributed by atoms with Crippen LogP contribution in [-0.4, -0.2) is 42.5 Å². The lowest BCUT2D eigenvalue weighted by Gasteiger charge is -2.14. The summed E-state index contributed by atoms with van der Waals surface area (Å²) in [5.74, 6) is -1.79. The second kappa shape index (κ2) is 9.40. The number of carbonyl (C=O) groups excluding carboxylic acids is 2. The van der Waals surface area contributed by atoms with Gasteiger partial charge in [0.1, 0.15) is 11.5 Å². The summed E-state index contributed by atoms with van der Waals surface area (Å²) in [4.78, 5) is 24.4. The molecule has 1 atom stereocenters. The summed E-state index contributed by atoms with van der Waals surface area (Å²) in [5, 5.41) is 18.6. The van der Waals surface area contributed by atoms with Crippen molar-refractivity contribution in [3.63, 3.8) is 0 Å². The summed E-state index contributed by atoms with van der Waals surface area (Å²) < 4.78 is 15.0. The van der Waals surface area contributed by atoms with Crippen molar-refractivity contribution in [2.45, 2.75) is 12.5 Å². The second-order valence-corrected chi connectivity index (χ2v) is 5.61. The fourth-order valence-electron chi connectivity index (χ4n) is 2.24. The average Bonchev–Trinajstić information content (AvgIpc) is 2.66. The number of phenols is 2. The molecule has 2 aromatic carbocycles. The van der Waals surface area contributed by atoms with Gasteiger partial charge >= 0.3 is 11.9 Å². The summed E-state index contributed by atoms with van der Waals surface area (Å²) in [6.07, 6.45) is 0.564. The molecule has 0 aliphatic carbocycles. The molecule has 0 saturated heterocycles. The number of hydrogen-bond donors (Lipinski definition) is 2. The molecule has 1 unspecified atom stereocenters. The summed E-state index contributed by atoms with van der Waals surface area (Å²) >= 11 is 0. The standard InChI is InChI=1S/C20H20O7/c1-25-17(11-13-3-7-15(21)8-4-13)19(23)27-20(24)18(26-2)12-14-5-9-16(22)10-6-14/h3-11,18,21-22H,12H2,1-2H3. The number of hydrogen-bond acceptors (Lipinski definition) is 7. The van der Waals surface area contributed by atoms with Crippen LogP contribution >= 0.6 is 0 Å². The van der Waals surface area contributed by atoms with Crippen LogP contribution in [0.25, 0.3) is 6.08 Å². The van der Waals surface area contributed by atoms with Crippen molar-refractivity contribution in [3.05, 3.63) is 65.4 Å². The third kappa shape index (κ3) is 5.86. The van der Waals surface area contributed by atoms with E-state index >= 15 is 0 Å². The van der Waals surface area contributed by atoms with Gasteiger partial charge in [-0.2, -0.15) is 0 Å². The molecular formula is C20H20O7. The quantitative estimate of drug-likeness (QED) is 0.333. The van der Waals surface area contributed by atoms with E-state index in [1.165, 1.54) is 44.6 Å². The maximum absolute atomic E-state index is 12.2. The lowest BCUT2D eigenvalue weighted by atomic mass is 10.1. The first-order valence-electron chi connectivity index (χ1n) is 8.04. The van der Waals surface area contributed by atoms with E-state index in [0.717, 1.165) is 5.56 Å². The van der Waals surface area contributed by atoms with Gasteiger partial charge in [0.05, 0.1) is 7.11 Å². The predicted molar refractivity (Wildman–Crippen MR) is 96.8 cm³/mol. The molecule has 0 saturated carbocycles. The van der Waals surface area contributed by atoms with Gasteiger partial charge in [-0.05, 0) is 41.5 Å². The maximum Gasteiger partial charge on any atom is 0.381 e. The summed E-state index contributed by atoms with van der Waals surface area (Å²) in [5.41, 5.74) is 1.32. The molecule has 0 radical (unpaired) electrons. The van der Waals surface area contributed by atoms with Crippen molar-refractivity contribution in [1.29, 1.82) is 0 Å². The molecular weight excluding hydrogens is 352 g/mol. The fraction of sp³-hybridized carbons (Fsp3) is 0.200. The number of esters is 2. The van der Waals surface area contributed by atoms with Crippen LogP contribution in [0, 0.1) is 0 Å². The fourth-order valence-corrected chi connectivity index (χ4v) is 2.24. The summed E-state index contributed by atoms with van der Waals surface area (Å²) in [6, 6.07) is 12.3. The van der Waals surface area contributed by atoms with Crippen LogP contribution in [0.3, 0.4) is 0 Å². The number of carbonyl (C=O) groups is 2. The zero-order valence-electron chi connectivity index (χ0n) is 14.9. The molecule has 0 spiro atoms. The van der Waals surface area contributed by atoms with Crippen LogP contribution in [0.5, 0.6) is 11.5 Å². The molecule has 7 heteroatoms. The van der Waals surface area contributed by atoms with Crippen LogP contribution in [0.2, 0.25) is 0 Å². The Morgan fingerprint density at radius 3 is 2.04 bits per heavy atom. The Balaban J connectivity index is 2.05. The molecule has 0 amide bonds. The van der Waals surface area contributed by atoms with E-state index < -0.39 is 18.0 Å². The van der Waals surface area contributed by atoms with Crippen molar-refractivity contribution >= 4 is 18.0 Å². The molecule has 7 nitrogen and oxygen atoms in total. The molecule has 0 aromatic heterocycles. The monoisotopic (exact) mass is 372 g/mol. The van der Waals surface area contributed by atoms with Gasteiger partial charge in [0.25, 0.3) is 0 Å². The first-order chi connectivity index (χ1) is 12.9. The van der Waals surface area contributed by atoms with Gasteiger partial charge in [0, 0.05) is 13.5 Å². The van der Waals surface area contributed by atoms with Crippen molar-refractivity contribution in [2.75, 3.05) is 14.2 Å². The number of benzene rings is 2. The third-order valence-corrected chi connectivity index (χ3v) is 3.71. The van der Waals surface area contributed by atoms with Gasteiger partial charge in [-0.3, -0.25) is 0 Å². The van der Waals surface area contributed by atoms with Crippen molar-refractivity contribution in [1.82, 2.24) is 0 Å². The van der Waals surface area contributed by atoms with E-state index in [1.807, 2.05) is 0 Å². The van der Waals surface area contributed by atoms with Crippen LogP contribution in [-0.2, 0) is 30.2 Å². The Labute approximate surface area is 156 Å². The highest BCUT2D eigenvalue weighted by Crippen LogP contribution is 2.16. The number of ether oxygens (including phenoxy) is 3. The SMILES string of the molecule is COC(=Cc1ccc(O)cc1)C(=O)OC(=O)C(Cc1ccc(O)cc1)OC. The van der Waals surface area contributed by atoms with E-state index in [1.54, 1.807) is 24.3 Å². The van der Waals surface area contributed by atoms with Gasteiger partial charge in [-0.1, -0.05) is 24.3 Å². The highest BCUT2D eigenvalue weighted by Gasteiger charge is 2.25. The molecule has 0 fully saturated rings. The van der Waals surface area contributed by atoms with Crippen LogP contribution < -0.4 is 0 Å².